The molecular formula is C20H24F2N2O2. The van der Waals surface area contributed by atoms with E-state index in [0.29, 0.717) is 13.0 Å². The number of alkyl halides is 2. The summed E-state index contributed by atoms with van der Waals surface area (Å²) in [4.78, 5) is 14.1. The second-order valence-electron chi connectivity index (χ2n) is 6.20. The Hall–Kier alpha value is -2.63. The van der Waals surface area contributed by atoms with E-state index < -0.39 is 6.61 Å². The number of amides is 1. The number of nitrogens with one attached hydrogen (secondary N) is 1. The van der Waals surface area contributed by atoms with Gasteiger partial charge in [-0.15, -0.1) is 0 Å². The maximum atomic E-state index is 12.1. The van der Waals surface area contributed by atoms with Gasteiger partial charge in [0.2, 0.25) is 5.91 Å². The first-order valence-electron chi connectivity index (χ1n) is 8.44. The van der Waals surface area contributed by atoms with Crippen LogP contribution in [0.1, 0.15) is 16.7 Å². The van der Waals surface area contributed by atoms with Crippen LogP contribution >= 0.6 is 0 Å². The van der Waals surface area contributed by atoms with E-state index in [1.807, 2.05) is 44.0 Å². The highest BCUT2D eigenvalue weighted by Crippen LogP contribution is 2.21. The first-order valence-corrected chi connectivity index (χ1v) is 8.44. The summed E-state index contributed by atoms with van der Waals surface area (Å²) in [6, 6.07) is 12.4. The van der Waals surface area contributed by atoms with Crippen molar-refractivity contribution >= 4 is 11.6 Å². The fraction of sp³-hybridized carbons (Fsp3) is 0.350. The van der Waals surface area contributed by atoms with Crippen LogP contribution < -0.4 is 15.0 Å². The Bertz CT molecular complexity index is 733. The average molecular weight is 362 g/mol. The van der Waals surface area contributed by atoms with Gasteiger partial charge < -0.3 is 15.0 Å². The molecule has 0 aliphatic heterocycles. The van der Waals surface area contributed by atoms with Crippen molar-refractivity contribution in [1.29, 1.82) is 0 Å². The molecule has 4 nitrogen and oxygen atoms in total. The van der Waals surface area contributed by atoms with Gasteiger partial charge in [0.15, 0.2) is 0 Å². The summed E-state index contributed by atoms with van der Waals surface area (Å²) in [6.45, 7) is 2.01. The molecule has 26 heavy (non-hydrogen) atoms. The number of anilines is 1. The van der Waals surface area contributed by atoms with Crippen LogP contribution in [0.15, 0.2) is 42.5 Å². The summed E-state index contributed by atoms with van der Waals surface area (Å²) < 4.78 is 28.5. The van der Waals surface area contributed by atoms with Crippen LogP contribution in [0.3, 0.4) is 0 Å². The number of aryl methyl sites for hydroxylation is 1. The maximum Gasteiger partial charge on any atom is 0.387 e. The fourth-order valence-corrected chi connectivity index (χ4v) is 2.69. The number of ether oxygens (including phenoxy) is 1. The lowest BCUT2D eigenvalue weighted by molar-refractivity contribution is -0.119. The molecule has 0 saturated heterocycles. The predicted octanol–water partition coefficient (Wildman–Crippen LogP) is 3.70. The molecule has 0 aliphatic carbocycles. The monoisotopic (exact) mass is 362 g/mol. The van der Waals surface area contributed by atoms with Gasteiger partial charge in [-0.2, -0.15) is 8.78 Å². The third kappa shape index (κ3) is 5.72. The van der Waals surface area contributed by atoms with Crippen molar-refractivity contribution in [2.75, 3.05) is 25.0 Å². The molecule has 0 bridgehead atoms. The van der Waals surface area contributed by atoms with Crippen molar-refractivity contribution in [3.05, 3.63) is 59.2 Å². The largest absolute Gasteiger partial charge is 0.435 e. The SMILES string of the molecule is Cc1cccc(N(C)CC(=O)NCCc2ccc(OC(F)F)cc2)c1C. The third-order valence-corrected chi connectivity index (χ3v) is 4.25. The van der Waals surface area contributed by atoms with Gasteiger partial charge in [0, 0.05) is 19.3 Å². The smallest absolute Gasteiger partial charge is 0.387 e. The van der Waals surface area contributed by atoms with E-state index in [1.54, 1.807) is 12.1 Å². The summed E-state index contributed by atoms with van der Waals surface area (Å²) in [7, 11) is 1.89. The van der Waals surface area contributed by atoms with Gasteiger partial charge >= 0.3 is 6.61 Å². The molecule has 0 spiro atoms. The summed E-state index contributed by atoms with van der Waals surface area (Å²) in [5, 5.41) is 2.88. The Morgan fingerprint density at radius 3 is 2.50 bits per heavy atom. The zero-order valence-corrected chi connectivity index (χ0v) is 15.3. The van der Waals surface area contributed by atoms with Crippen molar-refractivity contribution in [3.63, 3.8) is 0 Å². The predicted molar refractivity (Wildman–Crippen MR) is 99.0 cm³/mol. The molecule has 0 heterocycles. The van der Waals surface area contributed by atoms with Gasteiger partial charge in [-0.3, -0.25) is 4.79 Å². The number of likely N-dealkylation sites (N-methyl/N-ethyl adjacent to an activating group) is 1. The molecule has 1 N–H and O–H groups in total. The van der Waals surface area contributed by atoms with Gasteiger partial charge in [-0.1, -0.05) is 24.3 Å². The lowest BCUT2D eigenvalue weighted by Crippen LogP contribution is -2.36. The summed E-state index contributed by atoms with van der Waals surface area (Å²) >= 11 is 0. The quantitative estimate of drug-likeness (QED) is 0.779. The first kappa shape index (κ1) is 19.7. The lowest BCUT2D eigenvalue weighted by atomic mass is 10.1. The van der Waals surface area contributed by atoms with Gasteiger partial charge in [-0.05, 0) is 55.2 Å². The van der Waals surface area contributed by atoms with Gasteiger partial charge in [0.25, 0.3) is 0 Å². The number of rotatable bonds is 8. The van der Waals surface area contributed by atoms with Gasteiger partial charge in [-0.25, -0.2) is 0 Å². The summed E-state index contributed by atoms with van der Waals surface area (Å²) in [5.41, 5.74) is 4.33. The Morgan fingerprint density at radius 1 is 1.15 bits per heavy atom. The van der Waals surface area contributed by atoms with Crippen LogP contribution in [0.5, 0.6) is 5.75 Å². The first-order chi connectivity index (χ1) is 12.4. The molecular weight excluding hydrogens is 338 g/mol. The van der Waals surface area contributed by atoms with Crippen LogP contribution in [0.25, 0.3) is 0 Å². The van der Waals surface area contributed by atoms with E-state index in [0.717, 1.165) is 16.8 Å². The lowest BCUT2D eigenvalue weighted by Gasteiger charge is -2.22. The zero-order chi connectivity index (χ0) is 19.1. The number of nitrogens with zero attached hydrogens (tertiary/aromatic N) is 1. The minimum absolute atomic E-state index is 0.0638. The minimum atomic E-state index is -2.82. The molecule has 6 heteroatoms. The standard InChI is InChI=1S/C20H24F2N2O2/c1-14-5-4-6-18(15(14)2)24(3)13-19(25)23-12-11-16-7-9-17(10-8-16)26-20(21)22/h4-10,20H,11-13H2,1-3H3,(H,23,25). The van der Waals surface area contributed by atoms with Crippen molar-refractivity contribution in [1.82, 2.24) is 5.32 Å². The highest BCUT2D eigenvalue weighted by atomic mass is 19.3. The molecule has 1 amide bonds. The molecule has 0 aliphatic rings. The number of carbonyl (C=O) groups excluding carboxylic acids is 1. The van der Waals surface area contributed by atoms with Crippen LogP contribution in [-0.2, 0) is 11.2 Å². The highest BCUT2D eigenvalue weighted by Gasteiger charge is 2.10. The Kier molecular flexibility index (Phi) is 6.95. The molecule has 0 fully saturated rings. The molecule has 2 aromatic rings. The number of hydrogen-bond donors (Lipinski definition) is 1. The van der Waals surface area contributed by atoms with E-state index >= 15 is 0 Å². The van der Waals surface area contributed by atoms with Crippen LogP contribution in [-0.4, -0.2) is 32.7 Å². The average Bonchev–Trinajstić information content (AvgIpc) is 2.58. The van der Waals surface area contributed by atoms with E-state index in [2.05, 4.69) is 10.1 Å². The third-order valence-electron chi connectivity index (χ3n) is 4.25. The molecule has 140 valence electrons. The molecule has 0 atom stereocenters. The zero-order valence-electron chi connectivity index (χ0n) is 15.3. The van der Waals surface area contributed by atoms with E-state index in [4.69, 9.17) is 0 Å². The molecule has 0 radical (unpaired) electrons. The summed E-state index contributed by atoms with van der Waals surface area (Å²) in [6.07, 6.45) is 0.619. The summed E-state index contributed by atoms with van der Waals surface area (Å²) in [5.74, 6) is 0.0639. The topological polar surface area (TPSA) is 41.6 Å². The van der Waals surface area contributed by atoms with Gasteiger partial charge in [0.1, 0.15) is 5.75 Å². The second-order valence-corrected chi connectivity index (χ2v) is 6.20. The van der Waals surface area contributed by atoms with Crippen molar-refractivity contribution < 1.29 is 18.3 Å². The maximum absolute atomic E-state index is 12.1. The van der Waals surface area contributed by atoms with E-state index in [9.17, 15) is 13.6 Å². The minimum Gasteiger partial charge on any atom is -0.435 e. The van der Waals surface area contributed by atoms with Crippen LogP contribution in [0.2, 0.25) is 0 Å². The van der Waals surface area contributed by atoms with Crippen molar-refractivity contribution in [2.24, 2.45) is 0 Å². The molecule has 2 rings (SSSR count). The number of hydrogen-bond acceptors (Lipinski definition) is 3. The molecule has 0 unspecified atom stereocenters. The Labute approximate surface area is 152 Å². The number of benzene rings is 2. The fourth-order valence-electron chi connectivity index (χ4n) is 2.69. The van der Waals surface area contributed by atoms with E-state index in [1.165, 1.54) is 17.7 Å². The Morgan fingerprint density at radius 2 is 1.85 bits per heavy atom. The number of carbonyl (C=O) groups is 1. The van der Waals surface area contributed by atoms with E-state index in [-0.39, 0.29) is 18.2 Å². The number of halogens is 2. The van der Waals surface area contributed by atoms with Gasteiger partial charge in [0.05, 0.1) is 6.54 Å². The van der Waals surface area contributed by atoms with Crippen molar-refractivity contribution in [2.45, 2.75) is 26.9 Å². The van der Waals surface area contributed by atoms with Crippen molar-refractivity contribution in [3.8, 4) is 5.75 Å². The molecule has 0 saturated carbocycles. The second kappa shape index (κ2) is 9.17. The highest BCUT2D eigenvalue weighted by molar-refractivity contribution is 5.81. The molecule has 2 aromatic carbocycles. The molecule has 0 aromatic heterocycles. The van der Waals surface area contributed by atoms with Crippen LogP contribution in [0.4, 0.5) is 14.5 Å². The normalized spacial score (nSPS) is 10.7. The Balaban J connectivity index is 1.79. The van der Waals surface area contributed by atoms with Crippen LogP contribution in [0, 0.1) is 13.8 Å².